The summed E-state index contributed by atoms with van der Waals surface area (Å²) >= 11 is 6.01. The number of ether oxygens (including phenoxy) is 3. The van der Waals surface area contributed by atoms with Crippen LogP contribution < -0.4 is 10.1 Å². The standard InChI is InChI=1S/C22H23ClF3N3O5/c23-13-2-5-16-11(7-13)1-4-17(32-16)19(30)27-14-3-6-18(31-10-14)21-29-28-20(33-21)12-8-15(9-12)34-22(24,25)26/h2,5,7,12,14-15,17-18H,1,3-4,6,8-10H2,(H,27,30)/t12?,14-,15?,17?,18+/m0/s1. The van der Waals surface area contributed by atoms with Crippen LogP contribution in [0.15, 0.2) is 22.6 Å². The third-order valence-electron chi connectivity index (χ3n) is 6.36. The smallest absolute Gasteiger partial charge is 0.480 e. The molecule has 0 bridgehead atoms. The fourth-order valence-electron chi connectivity index (χ4n) is 4.49. The van der Waals surface area contributed by atoms with E-state index in [0.29, 0.717) is 48.2 Å². The molecule has 1 aromatic carbocycles. The molecule has 184 valence electrons. The summed E-state index contributed by atoms with van der Waals surface area (Å²) in [7, 11) is 0. The molecule has 3 atom stereocenters. The summed E-state index contributed by atoms with van der Waals surface area (Å²) in [6.45, 7) is 0.276. The lowest BCUT2D eigenvalue weighted by molar-refractivity contribution is -0.352. The predicted octanol–water partition coefficient (Wildman–Crippen LogP) is 4.24. The maximum Gasteiger partial charge on any atom is 0.522 e. The fourth-order valence-corrected chi connectivity index (χ4v) is 4.68. The molecule has 1 N–H and O–H groups in total. The van der Waals surface area contributed by atoms with Crippen molar-refractivity contribution in [1.82, 2.24) is 15.5 Å². The van der Waals surface area contributed by atoms with Crippen molar-refractivity contribution in [3.05, 3.63) is 40.6 Å². The largest absolute Gasteiger partial charge is 0.522 e. The molecule has 3 heterocycles. The number of fused-ring (bicyclic) bond motifs is 1. The summed E-state index contributed by atoms with van der Waals surface area (Å²) in [6.07, 6.45) is -3.66. The number of aromatic nitrogens is 2. The number of alkyl halides is 3. The molecule has 2 aromatic rings. The van der Waals surface area contributed by atoms with Crippen LogP contribution in [0.4, 0.5) is 13.2 Å². The maximum atomic E-state index is 12.7. The van der Waals surface area contributed by atoms with Gasteiger partial charge in [-0.25, -0.2) is 0 Å². The third kappa shape index (κ3) is 5.31. The molecule has 1 aliphatic carbocycles. The monoisotopic (exact) mass is 501 g/mol. The zero-order chi connectivity index (χ0) is 23.9. The SMILES string of the molecule is O=C(N[C@H]1CC[C@H](c2nnc(C3CC(OC(F)(F)F)C3)o2)OC1)C1CCc2cc(Cl)ccc2O1. The highest BCUT2D eigenvalue weighted by Gasteiger charge is 2.43. The summed E-state index contributed by atoms with van der Waals surface area (Å²) in [6, 6.07) is 5.19. The van der Waals surface area contributed by atoms with Crippen LogP contribution in [0.5, 0.6) is 5.75 Å². The van der Waals surface area contributed by atoms with Crippen LogP contribution in [0.2, 0.25) is 5.02 Å². The first kappa shape index (κ1) is 23.4. The van der Waals surface area contributed by atoms with Crippen LogP contribution in [0.1, 0.15) is 61.5 Å². The Labute approximate surface area is 198 Å². The maximum absolute atomic E-state index is 12.7. The summed E-state index contributed by atoms with van der Waals surface area (Å²) < 4.78 is 58.1. The van der Waals surface area contributed by atoms with Crippen molar-refractivity contribution in [2.45, 2.75) is 75.2 Å². The van der Waals surface area contributed by atoms with Gasteiger partial charge in [-0.2, -0.15) is 0 Å². The minimum atomic E-state index is -4.64. The molecule has 1 unspecified atom stereocenters. The molecule has 8 nitrogen and oxygen atoms in total. The van der Waals surface area contributed by atoms with Gasteiger partial charge in [-0.3, -0.25) is 9.53 Å². The van der Waals surface area contributed by atoms with E-state index in [0.717, 1.165) is 5.56 Å². The normalized spacial score (nSPS) is 29.0. The van der Waals surface area contributed by atoms with Gasteiger partial charge in [0.05, 0.1) is 18.8 Å². The molecule has 1 saturated carbocycles. The zero-order valence-electron chi connectivity index (χ0n) is 18.0. The lowest BCUT2D eigenvalue weighted by Crippen LogP contribution is -2.48. The van der Waals surface area contributed by atoms with Crippen LogP contribution in [0, 0.1) is 0 Å². The van der Waals surface area contributed by atoms with E-state index in [4.69, 9.17) is 25.5 Å². The number of aryl methyl sites for hydroxylation is 1. The Morgan fingerprint density at radius 1 is 1.15 bits per heavy atom. The number of carbonyl (C=O) groups excluding carboxylic acids is 1. The second-order valence-electron chi connectivity index (χ2n) is 8.83. The van der Waals surface area contributed by atoms with Crippen LogP contribution in [-0.2, 0) is 20.7 Å². The molecular formula is C22H23ClF3N3O5. The molecule has 2 aliphatic heterocycles. The van der Waals surface area contributed by atoms with Crippen LogP contribution in [0.25, 0.3) is 0 Å². The number of halogens is 4. The molecule has 1 aromatic heterocycles. The molecule has 34 heavy (non-hydrogen) atoms. The van der Waals surface area contributed by atoms with E-state index in [1.165, 1.54) is 0 Å². The topological polar surface area (TPSA) is 95.7 Å². The number of hydrogen-bond acceptors (Lipinski definition) is 7. The van der Waals surface area contributed by atoms with Gasteiger partial charge in [-0.05, 0) is 62.3 Å². The van der Waals surface area contributed by atoms with Gasteiger partial charge in [-0.1, -0.05) is 11.6 Å². The Kier molecular flexibility index (Phi) is 6.43. The van der Waals surface area contributed by atoms with Crippen LogP contribution in [-0.4, -0.2) is 47.3 Å². The van der Waals surface area contributed by atoms with Gasteiger partial charge in [0.2, 0.25) is 11.8 Å². The number of benzene rings is 1. The van der Waals surface area contributed by atoms with Crippen molar-refractivity contribution in [1.29, 1.82) is 0 Å². The molecule has 0 spiro atoms. The minimum Gasteiger partial charge on any atom is -0.480 e. The van der Waals surface area contributed by atoms with Gasteiger partial charge < -0.3 is 19.2 Å². The molecular weight excluding hydrogens is 479 g/mol. The molecule has 1 saturated heterocycles. The predicted molar refractivity (Wildman–Crippen MR) is 111 cm³/mol. The Morgan fingerprint density at radius 2 is 1.94 bits per heavy atom. The number of nitrogens with one attached hydrogen (secondary N) is 1. The molecule has 12 heteroatoms. The molecule has 1 amide bonds. The van der Waals surface area contributed by atoms with Crippen molar-refractivity contribution < 1.29 is 36.6 Å². The first-order chi connectivity index (χ1) is 16.2. The average molecular weight is 502 g/mol. The highest BCUT2D eigenvalue weighted by atomic mass is 35.5. The first-order valence-corrected chi connectivity index (χ1v) is 11.6. The van der Waals surface area contributed by atoms with Crippen molar-refractivity contribution in [2.24, 2.45) is 0 Å². The number of nitrogens with zero attached hydrogens (tertiary/aromatic N) is 2. The first-order valence-electron chi connectivity index (χ1n) is 11.2. The van der Waals surface area contributed by atoms with Crippen molar-refractivity contribution >= 4 is 17.5 Å². The van der Waals surface area contributed by atoms with E-state index in [-0.39, 0.29) is 37.3 Å². The van der Waals surface area contributed by atoms with E-state index >= 15 is 0 Å². The zero-order valence-corrected chi connectivity index (χ0v) is 18.8. The average Bonchev–Trinajstić information content (AvgIpc) is 3.25. The highest BCUT2D eigenvalue weighted by molar-refractivity contribution is 6.30. The van der Waals surface area contributed by atoms with Gasteiger partial charge in [0.15, 0.2) is 6.10 Å². The summed E-state index contributed by atoms with van der Waals surface area (Å²) in [5.74, 6) is 0.831. The van der Waals surface area contributed by atoms with Crippen LogP contribution in [0.3, 0.4) is 0 Å². The Bertz CT molecular complexity index is 1040. The van der Waals surface area contributed by atoms with Crippen molar-refractivity contribution in [3.8, 4) is 5.75 Å². The molecule has 0 radical (unpaired) electrons. The van der Waals surface area contributed by atoms with E-state index in [9.17, 15) is 18.0 Å². The van der Waals surface area contributed by atoms with E-state index in [2.05, 4.69) is 20.3 Å². The van der Waals surface area contributed by atoms with E-state index in [1.54, 1.807) is 12.1 Å². The highest BCUT2D eigenvalue weighted by Crippen LogP contribution is 2.41. The van der Waals surface area contributed by atoms with Crippen molar-refractivity contribution in [2.75, 3.05) is 6.61 Å². The lowest BCUT2D eigenvalue weighted by Gasteiger charge is -2.33. The minimum absolute atomic E-state index is 0.173. The van der Waals surface area contributed by atoms with E-state index in [1.807, 2.05) is 6.07 Å². The Hall–Kier alpha value is -2.37. The second kappa shape index (κ2) is 9.35. The van der Waals surface area contributed by atoms with Gasteiger partial charge in [0.25, 0.3) is 5.91 Å². The fraction of sp³-hybridized carbons (Fsp3) is 0.591. The number of carbonyl (C=O) groups is 1. The van der Waals surface area contributed by atoms with E-state index < -0.39 is 24.7 Å². The van der Waals surface area contributed by atoms with Gasteiger partial charge >= 0.3 is 6.36 Å². The van der Waals surface area contributed by atoms with Gasteiger partial charge in [0, 0.05) is 10.9 Å². The summed E-state index contributed by atoms with van der Waals surface area (Å²) in [4.78, 5) is 12.7. The summed E-state index contributed by atoms with van der Waals surface area (Å²) in [5.41, 5.74) is 0.990. The van der Waals surface area contributed by atoms with Crippen LogP contribution >= 0.6 is 11.6 Å². The quantitative estimate of drug-likeness (QED) is 0.654. The molecule has 2 fully saturated rings. The second-order valence-corrected chi connectivity index (χ2v) is 9.27. The lowest BCUT2D eigenvalue weighted by atomic mass is 9.82. The number of amides is 1. The molecule has 3 aliphatic rings. The number of hydrogen-bond donors (Lipinski definition) is 1. The summed E-state index contributed by atoms with van der Waals surface area (Å²) in [5, 5.41) is 11.6. The number of rotatable bonds is 5. The Morgan fingerprint density at radius 3 is 2.68 bits per heavy atom. The molecule has 5 rings (SSSR count). The van der Waals surface area contributed by atoms with Gasteiger partial charge in [-0.15, -0.1) is 23.4 Å². The van der Waals surface area contributed by atoms with Crippen molar-refractivity contribution in [3.63, 3.8) is 0 Å². The third-order valence-corrected chi connectivity index (χ3v) is 6.59. The van der Waals surface area contributed by atoms with Gasteiger partial charge in [0.1, 0.15) is 11.9 Å². The Balaban J connectivity index is 1.07.